The molecule has 0 atom stereocenters. The Hall–Kier alpha value is -2.46. The van der Waals surface area contributed by atoms with Crippen LogP contribution >= 0.6 is 11.6 Å². The number of carbonyl (C=O) groups excluding carboxylic acids is 1. The zero-order valence-electron chi connectivity index (χ0n) is 10.4. The Morgan fingerprint density at radius 2 is 2.05 bits per heavy atom. The Morgan fingerprint density at radius 3 is 2.85 bits per heavy atom. The second kappa shape index (κ2) is 4.90. The molecule has 0 aliphatic heterocycles. The molecule has 1 heterocycles. The molecule has 0 saturated heterocycles. The first-order chi connectivity index (χ1) is 9.65. The predicted octanol–water partition coefficient (Wildman–Crippen LogP) is 3.78. The summed E-state index contributed by atoms with van der Waals surface area (Å²) in [6.07, 6.45) is 1.79. The standard InChI is InChI=1S/C15H11ClN2O2/c16-12-8-9(19)4-5-14(12)18-15(20)11-2-1-3-13-10(11)6-7-17-13/h1-8,17,19H,(H,18,20). The molecule has 0 radical (unpaired) electrons. The first-order valence-corrected chi connectivity index (χ1v) is 6.39. The normalized spacial score (nSPS) is 10.7. The number of carbonyl (C=O) groups is 1. The monoisotopic (exact) mass is 286 g/mol. The number of aromatic hydroxyl groups is 1. The van der Waals surface area contributed by atoms with Crippen LogP contribution in [0.2, 0.25) is 5.02 Å². The fourth-order valence-electron chi connectivity index (χ4n) is 2.08. The van der Waals surface area contributed by atoms with E-state index in [9.17, 15) is 9.90 Å². The lowest BCUT2D eigenvalue weighted by atomic mass is 10.1. The van der Waals surface area contributed by atoms with E-state index in [1.165, 1.54) is 12.1 Å². The van der Waals surface area contributed by atoms with E-state index in [4.69, 9.17) is 11.6 Å². The van der Waals surface area contributed by atoms with Gasteiger partial charge in [-0.2, -0.15) is 0 Å². The molecule has 1 amide bonds. The molecule has 0 aliphatic carbocycles. The van der Waals surface area contributed by atoms with Crippen molar-refractivity contribution >= 4 is 34.1 Å². The van der Waals surface area contributed by atoms with Gasteiger partial charge in [-0.1, -0.05) is 17.7 Å². The third-order valence-electron chi connectivity index (χ3n) is 3.04. The highest BCUT2D eigenvalue weighted by Gasteiger charge is 2.12. The molecule has 3 aromatic rings. The van der Waals surface area contributed by atoms with Crippen molar-refractivity contribution in [3.05, 3.63) is 59.2 Å². The van der Waals surface area contributed by atoms with Gasteiger partial charge in [-0.25, -0.2) is 0 Å². The summed E-state index contributed by atoms with van der Waals surface area (Å²) in [6.45, 7) is 0. The summed E-state index contributed by atoms with van der Waals surface area (Å²) in [5, 5.41) is 13.2. The second-order valence-corrected chi connectivity index (χ2v) is 4.77. The minimum Gasteiger partial charge on any atom is -0.508 e. The molecule has 0 bridgehead atoms. The summed E-state index contributed by atoms with van der Waals surface area (Å²) in [5.74, 6) is -0.191. The molecule has 0 unspecified atom stereocenters. The van der Waals surface area contributed by atoms with E-state index in [-0.39, 0.29) is 11.7 Å². The molecule has 100 valence electrons. The van der Waals surface area contributed by atoms with E-state index in [1.54, 1.807) is 18.3 Å². The number of nitrogens with one attached hydrogen (secondary N) is 2. The minimum absolute atomic E-state index is 0.0562. The van der Waals surface area contributed by atoms with Crippen molar-refractivity contribution in [2.45, 2.75) is 0 Å². The van der Waals surface area contributed by atoms with Crippen LogP contribution in [-0.2, 0) is 0 Å². The number of anilines is 1. The Labute approximate surface area is 120 Å². The molecule has 1 aromatic heterocycles. The topological polar surface area (TPSA) is 65.1 Å². The zero-order valence-corrected chi connectivity index (χ0v) is 11.1. The van der Waals surface area contributed by atoms with Crippen molar-refractivity contribution in [2.75, 3.05) is 5.32 Å². The van der Waals surface area contributed by atoms with Crippen molar-refractivity contribution in [2.24, 2.45) is 0 Å². The number of rotatable bonds is 2. The number of hydrogen-bond acceptors (Lipinski definition) is 2. The van der Waals surface area contributed by atoms with Crippen LogP contribution in [0.25, 0.3) is 10.9 Å². The van der Waals surface area contributed by atoms with Crippen LogP contribution in [0.3, 0.4) is 0 Å². The average molecular weight is 287 g/mol. The van der Waals surface area contributed by atoms with Crippen LogP contribution in [0.15, 0.2) is 48.7 Å². The van der Waals surface area contributed by atoms with Gasteiger partial charge in [0.05, 0.1) is 10.7 Å². The average Bonchev–Trinajstić information content (AvgIpc) is 2.90. The first-order valence-electron chi connectivity index (χ1n) is 6.01. The van der Waals surface area contributed by atoms with Gasteiger partial charge in [-0.3, -0.25) is 4.79 Å². The fourth-order valence-corrected chi connectivity index (χ4v) is 2.30. The SMILES string of the molecule is O=C(Nc1ccc(O)cc1Cl)c1cccc2[nH]ccc12. The number of phenolic OH excluding ortho intramolecular Hbond substituents is 1. The molecule has 0 fully saturated rings. The van der Waals surface area contributed by atoms with Gasteiger partial charge in [0, 0.05) is 28.7 Å². The number of fused-ring (bicyclic) bond motifs is 1. The van der Waals surface area contributed by atoms with E-state index in [0.717, 1.165) is 10.9 Å². The van der Waals surface area contributed by atoms with Crippen molar-refractivity contribution in [1.82, 2.24) is 4.98 Å². The van der Waals surface area contributed by atoms with E-state index in [1.807, 2.05) is 18.2 Å². The van der Waals surface area contributed by atoms with Gasteiger partial charge in [0.25, 0.3) is 5.91 Å². The van der Waals surface area contributed by atoms with Crippen LogP contribution < -0.4 is 5.32 Å². The smallest absolute Gasteiger partial charge is 0.256 e. The van der Waals surface area contributed by atoms with Gasteiger partial charge in [0.1, 0.15) is 5.75 Å². The highest BCUT2D eigenvalue weighted by Crippen LogP contribution is 2.27. The summed E-state index contributed by atoms with van der Waals surface area (Å²) in [5.41, 5.74) is 1.92. The predicted molar refractivity (Wildman–Crippen MR) is 79.4 cm³/mol. The summed E-state index contributed by atoms with van der Waals surface area (Å²) in [7, 11) is 0. The maximum absolute atomic E-state index is 12.3. The molecule has 4 nitrogen and oxygen atoms in total. The molecule has 2 aromatic carbocycles. The summed E-state index contributed by atoms with van der Waals surface area (Å²) in [4.78, 5) is 15.4. The first kappa shape index (κ1) is 12.6. The van der Waals surface area contributed by atoms with Crippen molar-refractivity contribution < 1.29 is 9.90 Å². The molecule has 0 aliphatic rings. The number of amides is 1. The third-order valence-corrected chi connectivity index (χ3v) is 3.35. The molecule has 5 heteroatoms. The second-order valence-electron chi connectivity index (χ2n) is 4.36. The molecule has 20 heavy (non-hydrogen) atoms. The van der Waals surface area contributed by atoms with Crippen molar-refractivity contribution in [1.29, 1.82) is 0 Å². The molecule has 3 N–H and O–H groups in total. The van der Waals surface area contributed by atoms with Gasteiger partial charge in [0.2, 0.25) is 0 Å². The Kier molecular flexibility index (Phi) is 3.08. The van der Waals surface area contributed by atoms with Gasteiger partial charge in [-0.05, 0) is 30.3 Å². The van der Waals surface area contributed by atoms with Crippen LogP contribution in [0, 0.1) is 0 Å². The number of phenols is 1. The Balaban J connectivity index is 1.95. The number of halogens is 1. The number of H-pyrrole nitrogens is 1. The number of aromatic nitrogens is 1. The highest BCUT2D eigenvalue weighted by molar-refractivity contribution is 6.34. The fraction of sp³-hybridized carbons (Fsp3) is 0. The third kappa shape index (κ3) is 2.21. The van der Waals surface area contributed by atoms with Crippen LogP contribution in [0.4, 0.5) is 5.69 Å². The number of hydrogen-bond donors (Lipinski definition) is 3. The minimum atomic E-state index is -0.247. The maximum Gasteiger partial charge on any atom is 0.256 e. The van der Waals surface area contributed by atoms with E-state index in [0.29, 0.717) is 16.3 Å². The van der Waals surface area contributed by atoms with E-state index in [2.05, 4.69) is 10.3 Å². The van der Waals surface area contributed by atoms with E-state index < -0.39 is 0 Å². The highest BCUT2D eigenvalue weighted by atomic mass is 35.5. The molecular formula is C15H11ClN2O2. The molecular weight excluding hydrogens is 276 g/mol. The van der Waals surface area contributed by atoms with Crippen LogP contribution in [-0.4, -0.2) is 16.0 Å². The van der Waals surface area contributed by atoms with Gasteiger partial charge in [-0.15, -0.1) is 0 Å². The van der Waals surface area contributed by atoms with Crippen molar-refractivity contribution in [3.8, 4) is 5.75 Å². The van der Waals surface area contributed by atoms with Crippen LogP contribution in [0.5, 0.6) is 5.75 Å². The summed E-state index contributed by atoms with van der Waals surface area (Å²) >= 11 is 5.98. The van der Waals surface area contributed by atoms with Gasteiger partial charge in [0.15, 0.2) is 0 Å². The summed E-state index contributed by atoms with van der Waals surface area (Å²) < 4.78 is 0. The maximum atomic E-state index is 12.3. The zero-order chi connectivity index (χ0) is 14.1. The Morgan fingerprint density at radius 1 is 1.20 bits per heavy atom. The number of aromatic amines is 1. The van der Waals surface area contributed by atoms with Crippen LogP contribution in [0.1, 0.15) is 10.4 Å². The number of benzene rings is 2. The molecule has 3 rings (SSSR count). The Bertz CT molecular complexity index is 795. The van der Waals surface area contributed by atoms with Gasteiger partial charge >= 0.3 is 0 Å². The quantitative estimate of drug-likeness (QED) is 0.628. The largest absolute Gasteiger partial charge is 0.508 e. The van der Waals surface area contributed by atoms with Gasteiger partial charge < -0.3 is 15.4 Å². The lowest BCUT2D eigenvalue weighted by molar-refractivity contribution is 0.102. The van der Waals surface area contributed by atoms with E-state index >= 15 is 0 Å². The summed E-state index contributed by atoms with van der Waals surface area (Å²) in [6, 6.07) is 11.7. The lowest BCUT2D eigenvalue weighted by Gasteiger charge is -2.08. The molecule has 0 saturated carbocycles. The molecule has 0 spiro atoms. The van der Waals surface area contributed by atoms with Crippen molar-refractivity contribution in [3.63, 3.8) is 0 Å². The lowest BCUT2D eigenvalue weighted by Crippen LogP contribution is -2.12.